The Morgan fingerprint density at radius 1 is 0.941 bits per heavy atom. The summed E-state index contributed by atoms with van der Waals surface area (Å²) in [6.45, 7) is 13.0. The van der Waals surface area contributed by atoms with Crippen molar-refractivity contribution < 1.29 is 4.79 Å². The molecule has 102 valence electrons. The van der Waals surface area contributed by atoms with Crippen LogP contribution in [0.4, 0.5) is 0 Å². The molecule has 0 aromatic rings. The first-order valence-electron chi connectivity index (χ1n) is 7.31. The Hall–Kier alpha value is -0.330. The van der Waals surface area contributed by atoms with Crippen LogP contribution in [-0.4, -0.2) is 5.78 Å². The molecule has 0 aliphatic heterocycles. The van der Waals surface area contributed by atoms with E-state index in [2.05, 4.69) is 41.5 Å². The average molecular weight is 240 g/mol. The summed E-state index contributed by atoms with van der Waals surface area (Å²) >= 11 is 0. The summed E-state index contributed by atoms with van der Waals surface area (Å²) < 4.78 is 0. The first-order valence-corrected chi connectivity index (χ1v) is 7.31. The van der Waals surface area contributed by atoms with Crippen molar-refractivity contribution in [3.63, 3.8) is 0 Å². The van der Waals surface area contributed by atoms with Crippen LogP contribution in [0.1, 0.15) is 80.1 Å². The summed E-state index contributed by atoms with van der Waals surface area (Å²) in [5.41, 5.74) is -0.141. The zero-order chi connectivity index (χ0) is 13.5. The second kappa shape index (κ2) is 7.89. The lowest BCUT2D eigenvalue weighted by molar-refractivity contribution is -0.129. The lowest BCUT2D eigenvalue weighted by atomic mass is 9.76. The number of carbonyl (C=O) groups excluding carboxylic acids is 1. The number of carbonyl (C=O) groups is 1. The van der Waals surface area contributed by atoms with Gasteiger partial charge >= 0.3 is 0 Å². The molecule has 0 radical (unpaired) electrons. The zero-order valence-corrected chi connectivity index (χ0v) is 12.8. The molecule has 0 atom stereocenters. The molecule has 0 spiro atoms. The third-order valence-electron chi connectivity index (χ3n) is 4.10. The Morgan fingerprint density at radius 3 is 1.94 bits per heavy atom. The van der Waals surface area contributed by atoms with Gasteiger partial charge in [-0.2, -0.15) is 0 Å². The largest absolute Gasteiger partial charge is 0.299 e. The number of hydrogen-bond donors (Lipinski definition) is 0. The van der Waals surface area contributed by atoms with Crippen molar-refractivity contribution in [1.82, 2.24) is 0 Å². The Balaban J connectivity index is 3.65. The molecule has 0 aromatic heterocycles. The van der Waals surface area contributed by atoms with Gasteiger partial charge in [-0.05, 0) is 18.3 Å². The van der Waals surface area contributed by atoms with Gasteiger partial charge in [-0.25, -0.2) is 0 Å². The lowest BCUT2D eigenvalue weighted by Crippen LogP contribution is -2.29. The van der Waals surface area contributed by atoms with E-state index in [9.17, 15) is 4.79 Å². The maximum Gasteiger partial charge on any atom is 0.138 e. The predicted molar refractivity (Wildman–Crippen MR) is 76.2 cm³/mol. The van der Waals surface area contributed by atoms with Crippen molar-refractivity contribution in [2.75, 3.05) is 0 Å². The lowest BCUT2D eigenvalue weighted by Gasteiger charge is -2.27. The Bertz CT molecular complexity index is 214. The van der Waals surface area contributed by atoms with E-state index in [0.717, 1.165) is 18.8 Å². The molecule has 0 fully saturated rings. The first-order chi connectivity index (χ1) is 7.78. The summed E-state index contributed by atoms with van der Waals surface area (Å²) in [5.74, 6) is 1.70. The topological polar surface area (TPSA) is 17.1 Å². The molecule has 1 nitrogen and oxygen atoms in total. The van der Waals surface area contributed by atoms with Crippen LogP contribution in [0.2, 0.25) is 0 Å². The SMILES string of the molecule is CC(C)CCCCCCC(=O)C(C)(C)C(C)C. The van der Waals surface area contributed by atoms with E-state index >= 15 is 0 Å². The summed E-state index contributed by atoms with van der Waals surface area (Å²) in [6, 6.07) is 0. The maximum absolute atomic E-state index is 12.0. The Morgan fingerprint density at radius 2 is 1.47 bits per heavy atom. The predicted octanol–water partition coefficient (Wildman–Crippen LogP) is 5.23. The molecule has 0 amide bonds. The van der Waals surface area contributed by atoms with Crippen LogP contribution in [-0.2, 0) is 4.79 Å². The van der Waals surface area contributed by atoms with Gasteiger partial charge in [-0.15, -0.1) is 0 Å². The highest BCUT2D eigenvalue weighted by molar-refractivity contribution is 5.84. The van der Waals surface area contributed by atoms with Crippen molar-refractivity contribution in [2.24, 2.45) is 17.3 Å². The van der Waals surface area contributed by atoms with Crippen LogP contribution in [0.3, 0.4) is 0 Å². The molecule has 0 rings (SSSR count). The molecule has 17 heavy (non-hydrogen) atoms. The quantitative estimate of drug-likeness (QED) is 0.504. The number of unbranched alkanes of at least 4 members (excludes halogenated alkanes) is 3. The second-order valence-corrected chi connectivity index (χ2v) is 6.65. The first kappa shape index (κ1) is 16.7. The van der Waals surface area contributed by atoms with E-state index in [-0.39, 0.29) is 5.41 Å². The van der Waals surface area contributed by atoms with Crippen LogP contribution in [0.5, 0.6) is 0 Å². The van der Waals surface area contributed by atoms with Gasteiger partial charge in [-0.3, -0.25) is 4.79 Å². The minimum atomic E-state index is -0.141. The van der Waals surface area contributed by atoms with E-state index in [4.69, 9.17) is 0 Å². The van der Waals surface area contributed by atoms with Crippen molar-refractivity contribution in [2.45, 2.75) is 80.1 Å². The maximum atomic E-state index is 12.0. The molecular weight excluding hydrogens is 208 g/mol. The number of rotatable bonds is 9. The molecule has 0 aliphatic rings. The van der Waals surface area contributed by atoms with Gasteiger partial charge in [0.05, 0.1) is 0 Å². The van der Waals surface area contributed by atoms with Crippen LogP contribution in [0.25, 0.3) is 0 Å². The minimum absolute atomic E-state index is 0.141. The normalized spacial score (nSPS) is 12.5. The fourth-order valence-electron chi connectivity index (χ4n) is 1.84. The molecule has 0 saturated heterocycles. The van der Waals surface area contributed by atoms with E-state index in [1.54, 1.807) is 0 Å². The highest BCUT2D eigenvalue weighted by atomic mass is 16.1. The molecule has 0 N–H and O–H groups in total. The van der Waals surface area contributed by atoms with Crippen LogP contribution < -0.4 is 0 Å². The van der Waals surface area contributed by atoms with Crippen molar-refractivity contribution in [1.29, 1.82) is 0 Å². The van der Waals surface area contributed by atoms with Gasteiger partial charge < -0.3 is 0 Å². The van der Waals surface area contributed by atoms with E-state index < -0.39 is 0 Å². The van der Waals surface area contributed by atoms with Gasteiger partial charge in [0, 0.05) is 11.8 Å². The number of hydrogen-bond acceptors (Lipinski definition) is 1. The molecule has 0 unspecified atom stereocenters. The highest BCUT2D eigenvalue weighted by Crippen LogP contribution is 2.29. The smallest absolute Gasteiger partial charge is 0.138 e. The number of Topliss-reactive ketones (excluding diaryl/α,β-unsaturated/α-hetero) is 1. The van der Waals surface area contributed by atoms with E-state index in [0.29, 0.717) is 11.7 Å². The highest BCUT2D eigenvalue weighted by Gasteiger charge is 2.29. The monoisotopic (exact) mass is 240 g/mol. The standard InChI is InChI=1S/C16H32O/c1-13(2)11-9-7-8-10-12-15(17)16(5,6)14(3)4/h13-14H,7-12H2,1-6H3. The van der Waals surface area contributed by atoms with Gasteiger partial charge in [0.15, 0.2) is 0 Å². The number of ketones is 1. The molecule has 0 saturated carbocycles. The van der Waals surface area contributed by atoms with Gasteiger partial charge in [0.1, 0.15) is 5.78 Å². The van der Waals surface area contributed by atoms with E-state index in [1.807, 2.05) is 0 Å². The second-order valence-electron chi connectivity index (χ2n) is 6.65. The molecule has 0 aliphatic carbocycles. The molecule has 1 heteroatoms. The van der Waals surface area contributed by atoms with E-state index in [1.165, 1.54) is 25.7 Å². The Kier molecular flexibility index (Phi) is 7.74. The van der Waals surface area contributed by atoms with Gasteiger partial charge in [0.2, 0.25) is 0 Å². The Labute approximate surface area is 108 Å². The third kappa shape index (κ3) is 6.85. The van der Waals surface area contributed by atoms with Crippen LogP contribution in [0.15, 0.2) is 0 Å². The molecule has 0 aromatic carbocycles. The fraction of sp³-hybridized carbons (Fsp3) is 0.938. The van der Waals surface area contributed by atoms with Crippen molar-refractivity contribution in [3.05, 3.63) is 0 Å². The average Bonchev–Trinajstić information content (AvgIpc) is 2.21. The minimum Gasteiger partial charge on any atom is -0.299 e. The fourth-order valence-corrected chi connectivity index (χ4v) is 1.84. The molecule has 0 bridgehead atoms. The molecule has 0 heterocycles. The summed E-state index contributed by atoms with van der Waals surface area (Å²) in [4.78, 5) is 12.0. The third-order valence-corrected chi connectivity index (χ3v) is 4.10. The molecular formula is C16H32O. The van der Waals surface area contributed by atoms with Crippen molar-refractivity contribution >= 4 is 5.78 Å². The van der Waals surface area contributed by atoms with Crippen LogP contribution >= 0.6 is 0 Å². The summed E-state index contributed by atoms with van der Waals surface area (Å²) in [6.07, 6.45) is 6.99. The van der Waals surface area contributed by atoms with Gasteiger partial charge in [-0.1, -0.05) is 67.2 Å². The van der Waals surface area contributed by atoms with Gasteiger partial charge in [0.25, 0.3) is 0 Å². The summed E-state index contributed by atoms with van der Waals surface area (Å²) in [5, 5.41) is 0. The van der Waals surface area contributed by atoms with Crippen LogP contribution in [0, 0.1) is 17.3 Å². The zero-order valence-electron chi connectivity index (χ0n) is 12.8. The van der Waals surface area contributed by atoms with Crippen molar-refractivity contribution in [3.8, 4) is 0 Å². The summed E-state index contributed by atoms with van der Waals surface area (Å²) in [7, 11) is 0.